The molecule has 0 radical (unpaired) electrons. The van der Waals surface area contributed by atoms with E-state index in [0.29, 0.717) is 34.3 Å². The van der Waals surface area contributed by atoms with Gasteiger partial charge in [-0.3, -0.25) is 20.4 Å². The number of aliphatic hydroxyl groups is 1. The number of aromatic nitrogens is 2. The number of hydrazine groups is 1. The minimum Gasteiger partial charge on any atom is -0.480 e. The number of hydrogen-bond donors (Lipinski definition) is 4. The van der Waals surface area contributed by atoms with Crippen LogP contribution in [0.15, 0.2) is 73.1 Å². The fourth-order valence-electron chi connectivity index (χ4n) is 4.13. The summed E-state index contributed by atoms with van der Waals surface area (Å²) in [5.41, 5.74) is 7.07. The summed E-state index contributed by atoms with van der Waals surface area (Å²) in [6, 6.07) is 17.9. The van der Waals surface area contributed by atoms with Crippen molar-refractivity contribution < 1.29 is 19.8 Å². The maximum atomic E-state index is 12.8. The molecule has 0 aliphatic carbocycles. The molecule has 1 amide bonds. The number of hydrogen-bond acceptors (Lipinski definition) is 7. The third-order valence-corrected chi connectivity index (χ3v) is 5.96. The van der Waals surface area contributed by atoms with E-state index in [2.05, 4.69) is 22.3 Å². The van der Waals surface area contributed by atoms with Crippen molar-refractivity contribution in [3.63, 3.8) is 0 Å². The predicted octanol–water partition coefficient (Wildman–Crippen LogP) is 3.33. The summed E-state index contributed by atoms with van der Waals surface area (Å²) >= 11 is 0. The molecule has 0 aliphatic heterocycles. The molecule has 4 rings (SSSR count). The average molecular weight is 524 g/mol. The Morgan fingerprint density at radius 2 is 1.67 bits per heavy atom. The van der Waals surface area contributed by atoms with Crippen LogP contribution in [0.2, 0.25) is 0 Å². The molecule has 0 bridgehead atoms. The van der Waals surface area contributed by atoms with E-state index in [0.717, 1.165) is 16.7 Å². The first-order valence-electron chi connectivity index (χ1n) is 12.4. The number of amides is 1. The number of nitrogens with one attached hydrogen (secondary N) is 1. The van der Waals surface area contributed by atoms with Crippen molar-refractivity contribution in [1.29, 1.82) is 0 Å². The Morgan fingerprint density at radius 1 is 1.03 bits per heavy atom. The molecular weight excluding hydrogens is 494 g/mol. The number of carboxylic acids is 1. The van der Waals surface area contributed by atoms with Gasteiger partial charge < -0.3 is 15.1 Å². The van der Waals surface area contributed by atoms with Crippen LogP contribution in [0, 0.1) is 17.8 Å². The molecule has 39 heavy (non-hydrogen) atoms. The summed E-state index contributed by atoms with van der Waals surface area (Å²) in [5, 5.41) is 20.2. The van der Waals surface area contributed by atoms with Crippen LogP contribution in [0.4, 0.5) is 0 Å². The summed E-state index contributed by atoms with van der Waals surface area (Å²) < 4.78 is 0. The number of fused-ring (bicyclic) bond motifs is 1. The minimum atomic E-state index is -1.07. The van der Waals surface area contributed by atoms with Crippen LogP contribution in [0.1, 0.15) is 47.1 Å². The summed E-state index contributed by atoms with van der Waals surface area (Å²) in [6.07, 6.45) is 2.21. The monoisotopic (exact) mass is 523 g/mol. The van der Waals surface area contributed by atoms with Crippen molar-refractivity contribution in [2.75, 3.05) is 13.1 Å². The number of aliphatic hydroxyl groups excluding tert-OH is 1. The number of pyridine rings is 2. The van der Waals surface area contributed by atoms with Gasteiger partial charge in [-0.1, -0.05) is 37.8 Å². The summed E-state index contributed by atoms with van der Waals surface area (Å²) in [6.45, 7) is 3.89. The largest absolute Gasteiger partial charge is 0.480 e. The second kappa shape index (κ2) is 12.3. The van der Waals surface area contributed by atoms with E-state index in [1.165, 1.54) is 4.90 Å². The number of aliphatic carboxylic acids is 1. The van der Waals surface area contributed by atoms with Crippen molar-refractivity contribution in [2.45, 2.75) is 20.1 Å². The average Bonchev–Trinajstić information content (AvgIpc) is 2.94. The number of rotatable bonds is 8. The molecule has 2 aromatic carbocycles. The Hall–Kier alpha value is -4.62. The van der Waals surface area contributed by atoms with Crippen LogP contribution >= 0.6 is 0 Å². The number of carboxylic acid groups (broad SMARTS) is 1. The smallest absolute Gasteiger partial charge is 0.323 e. The van der Waals surface area contributed by atoms with Gasteiger partial charge in [-0.2, -0.15) is 0 Å². The Morgan fingerprint density at radius 3 is 2.26 bits per heavy atom. The number of carbonyl (C=O) groups is 2. The van der Waals surface area contributed by atoms with Gasteiger partial charge in [-0.05, 0) is 54.4 Å². The molecule has 0 aliphatic rings. The molecule has 1 unspecified atom stereocenters. The molecule has 2 heterocycles. The van der Waals surface area contributed by atoms with Gasteiger partial charge in [0.25, 0.3) is 5.91 Å². The molecule has 2 aromatic heterocycles. The lowest BCUT2D eigenvalue weighted by Gasteiger charge is -2.22. The standard InChI is InChI=1S/C30H29N5O4/c1-19(2)17-35(18-28(36)37)30(39)23-11-7-21(8-12-23)4-3-20-5-9-22(10-6-20)27-15-24(29(38)34-31)25-16-32-14-13-26(25)33-27/h5-16,19,29,34,38H,17-18,31H2,1-2H3,(H,36,37). The Bertz CT molecular complexity index is 1540. The van der Waals surface area contributed by atoms with Crippen LogP contribution in [0.3, 0.4) is 0 Å². The Kier molecular flexibility index (Phi) is 8.63. The van der Waals surface area contributed by atoms with Gasteiger partial charge in [-0.25, -0.2) is 10.4 Å². The van der Waals surface area contributed by atoms with Crippen LogP contribution in [-0.4, -0.2) is 50.0 Å². The molecule has 0 fully saturated rings. The molecule has 9 nitrogen and oxygen atoms in total. The third kappa shape index (κ3) is 6.83. The zero-order valence-corrected chi connectivity index (χ0v) is 21.6. The van der Waals surface area contributed by atoms with Gasteiger partial charge in [0.2, 0.25) is 0 Å². The minimum absolute atomic E-state index is 0.149. The molecule has 4 aromatic rings. The zero-order valence-electron chi connectivity index (χ0n) is 21.6. The van der Waals surface area contributed by atoms with Crippen LogP contribution in [0.5, 0.6) is 0 Å². The van der Waals surface area contributed by atoms with E-state index in [1.54, 1.807) is 48.8 Å². The molecular formula is C30H29N5O4. The topological polar surface area (TPSA) is 142 Å². The van der Waals surface area contributed by atoms with Gasteiger partial charge in [-0.15, -0.1) is 0 Å². The summed E-state index contributed by atoms with van der Waals surface area (Å²) in [7, 11) is 0. The van der Waals surface area contributed by atoms with Gasteiger partial charge in [0.05, 0.1) is 11.2 Å². The highest BCUT2D eigenvalue weighted by Crippen LogP contribution is 2.27. The Balaban J connectivity index is 1.51. The van der Waals surface area contributed by atoms with Crippen LogP contribution < -0.4 is 11.3 Å². The maximum Gasteiger partial charge on any atom is 0.323 e. The second-order valence-corrected chi connectivity index (χ2v) is 9.44. The highest BCUT2D eigenvalue weighted by molar-refractivity contribution is 5.96. The SMILES string of the molecule is CC(C)CN(CC(=O)O)C(=O)c1ccc(C#Cc2ccc(-c3cc(C(O)NN)c4cnccc4n3)cc2)cc1. The first-order valence-corrected chi connectivity index (χ1v) is 12.4. The normalized spacial score (nSPS) is 11.6. The second-order valence-electron chi connectivity index (χ2n) is 9.44. The third-order valence-electron chi connectivity index (χ3n) is 5.96. The molecule has 0 saturated carbocycles. The summed E-state index contributed by atoms with van der Waals surface area (Å²) in [5.74, 6) is 10.4. The van der Waals surface area contributed by atoms with Crippen LogP contribution in [-0.2, 0) is 4.79 Å². The highest BCUT2D eigenvalue weighted by atomic mass is 16.4. The molecule has 9 heteroatoms. The van der Waals surface area contributed by atoms with Gasteiger partial charge in [0.15, 0.2) is 0 Å². The maximum absolute atomic E-state index is 12.8. The first-order chi connectivity index (χ1) is 18.7. The van der Waals surface area contributed by atoms with E-state index in [4.69, 9.17) is 15.9 Å². The molecule has 5 N–H and O–H groups in total. The quantitative estimate of drug-likeness (QED) is 0.119. The van der Waals surface area contributed by atoms with Crippen molar-refractivity contribution in [3.8, 4) is 23.1 Å². The van der Waals surface area contributed by atoms with E-state index < -0.39 is 12.2 Å². The van der Waals surface area contributed by atoms with Gasteiger partial charge in [0, 0.05) is 52.1 Å². The first kappa shape index (κ1) is 27.4. The van der Waals surface area contributed by atoms with Crippen molar-refractivity contribution in [1.82, 2.24) is 20.3 Å². The van der Waals surface area contributed by atoms with E-state index in [9.17, 15) is 14.7 Å². The van der Waals surface area contributed by atoms with E-state index in [-0.39, 0.29) is 18.4 Å². The molecule has 1 atom stereocenters. The van der Waals surface area contributed by atoms with E-state index in [1.807, 2.05) is 38.1 Å². The number of benzene rings is 2. The van der Waals surface area contributed by atoms with Gasteiger partial charge >= 0.3 is 5.97 Å². The fraction of sp³-hybridized carbons (Fsp3) is 0.200. The lowest BCUT2D eigenvalue weighted by molar-refractivity contribution is -0.137. The lowest BCUT2D eigenvalue weighted by Crippen LogP contribution is -2.38. The molecule has 0 saturated heterocycles. The molecule has 198 valence electrons. The highest BCUT2D eigenvalue weighted by Gasteiger charge is 2.19. The van der Waals surface area contributed by atoms with E-state index >= 15 is 0 Å². The predicted molar refractivity (Wildman–Crippen MR) is 148 cm³/mol. The van der Waals surface area contributed by atoms with Crippen molar-refractivity contribution in [2.24, 2.45) is 11.8 Å². The van der Waals surface area contributed by atoms with Crippen molar-refractivity contribution in [3.05, 3.63) is 95.3 Å². The Labute approximate surface area is 226 Å². The molecule has 0 spiro atoms. The number of nitrogens with zero attached hydrogens (tertiary/aromatic N) is 3. The lowest BCUT2D eigenvalue weighted by atomic mass is 10.0. The van der Waals surface area contributed by atoms with Crippen molar-refractivity contribution >= 4 is 22.8 Å². The zero-order chi connectivity index (χ0) is 27.9. The van der Waals surface area contributed by atoms with Crippen LogP contribution in [0.25, 0.3) is 22.2 Å². The number of nitrogens with two attached hydrogens (primary N) is 1. The van der Waals surface area contributed by atoms with Gasteiger partial charge in [0.1, 0.15) is 12.8 Å². The fourth-order valence-corrected chi connectivity index (χ4v) is 4.13. The number of carbonyl (C=O) groups excluding carboxylic acids is 1. The summed E-state index contributed by atoms with van der Waals surface area (Å²) in [4.78, 5) is 34.1.